The van der Waals surface area contributed by atoms with Crippen molar-refractivity contribution in [2.75, 3.05) is 10.3 Å². The van der Waals surface area contributed by atoms with E-state index in [1.165, 1.54) is 10.6 Å². The summed E-state index contributed by atoms with van der Waals surface area (Å²) in [5, 5.41) is 11.2. The van der Waals surface area contributed by atoms with Crippen molar-refractivity contribution in [1.82, 2.24) is 5.32 Å². The van der Waals surface area contributed by atoms with Crippen molar-refractivity contribution in [2.24, 2.45) is 5.10 Å². The van der Waals surface area contributed by atoms with Crippen molar-refractivity contribution in [3.05, 3.63) is 89.5 Å². The molecule has 0 fully saturated rings. The van der Waals surface area contributed by atoms with E-state index in [1.54, 1.807) is 36.4 Å². The van der Waals surface area contributed by atoms with E-state index in [0.29, 0.717) is 29.1 Å². The number of nitrogens with one attached hydrogen (secondary N) is 2. The third kappa shape index (κ3) is 7.36. The van der Waals surface area contributed by atoms with Crippen molar-refractivity contribution in [1.29, 1.82) is 0 Å². The van der Waals surface area contributed by atoms with Crippen LogP contribution in [0, 0.1) is 0 Å². The summed E-state index contributed by atoms with van der Waals surface area (Å²) in [7, 11) is 0. The van der Waals surface area contributed by atoms with Gasteiger partial charge >= 0.3 is 0 Å². The number of amides is 3. The molecule has 1 heterocycles. The number of ether oxygens (including phenoxy) is 1. The zero-order valence-corrected chi connectivity index (χ0v) is 26.9. The van der Waals surface area contributed by atoms with Gasteiger partial charge < -0.3 is 15.4 Å². The average Bonchev–Trinajstić information content (AvgIpc) is 3.39. The van der Waals surface area contributed by atoms with Gasteiger partial charge in [-0.25, -0.2) is 0 Å². The maximum atomic E-state index is 13.4. The molecule has 44 heavy (non-hydrogen) atoms. The van der Waals surface area contributed by atoms with Crippen LogP contribution in [0.15, 0.2) is 77.9 Å². The molecule has 0 aromatic heterocycles. The van der Waals surface area contributed by atoms with Gasteiger partial charge in [0.2, 0.25) is 0 Å². The van der Waals surface area contributed by atoms with Crippen LogP contribution in [0.25, 0.3) is 0 Å². The van der Waals surface area contributed by atoms with Gasteiger partial charge in [-0.2, -0.15) is 10.1 Å². The van der Waals surface area contributed by atoms with Crippen LogP contribution in [0.4, 0.5) is 11.4 Å². The first-order valence-corrected chi connectivity index (χ1v) is 15.4. The summed E-state index contributed by atoms with van der Waals surface area (Å²) in [6.45, 7) is 15.1. The average molecular weight is 597 g/mol. The number of rotatable bonds is 11. The fourth-order valence-electron chi connectivity index (χ4n) is 4.89. The summed E-state index contributed by atoms with van der Waals surface area (Å²) >= 11 is 0. The summed E-state index contributed by atoms with van der Waals surface area (Å²) in [5.41, 5.74) is 3.64. The minimum Gasteiger partial charge on any atom is -0.480 e. The zero-order chi connectivity index (χ0) is 32.1. The Morgan fingerprint density at radius 3 is 2.25 bits per heavy atom. The van der Waals surface area contributed by atoms with Gasteiger partial charge in [-0.1, -0.05) is 84.9 Å². The molecule has 0 radical (unpaired) electrons. The van der Waals surface area contributed by atoms with Gasteiger partial charge in [0, 0.05) is 16.8 Å². The molecule has 0 saturated heterocycles. The highest BCUT2D eigenvalue weighted by Gasteiger charge is 2.29. The largest absolute Gasteiger partial charge is 0.480 e. The monoisotopic (exact) mass is 596 g/mol. The third-order valence-corrected chi connectivity index (χ3v) is 8.62. The Hall–Kier alpha value is -4.46. The van der Waals surface area contributed by atoms with Crippen molar-refractivity contribution >= 4 is 34.9 Å². The van der Waals surface area contributed by atoms with Gasteiger partial charge in [0.25, 0.3) is 17.7 Å². The predicted octanol–water partition coefficient (Wildman–Crippen LogP) is 7.34. The maximum Gasteiger partial charge on any atom is 0.265 e. The van der Waals surface area contributed by atoms with E-state index in [1.807, 2.05) is 31.2 Å². The molecule has 3 aromatic carbocycles. The number of anilines is 2. The molecule has 1 aliphatic rings. The maximum absolute atomic E-state index is 13.4. The molecule has 1 atom stereocenters. The molecule has 8 heteroatoms. The Morgan fingerprint density at radius 2 is 1.59 bits per heavy atom. The molecule has 4 rings (SSSR count). The van der Waals surface area contributed by atoms with Crippen LogP contribution in [-0.4, -0.2) is 29.7 Å². The number of hydrazone groups is 1. The molecular weight excluding hydrogens is 552 g/mol. The molecule has 2 N–H and O–H groups in total. The Bertz CT molecular complexity index is 1540. The molecular formula is C36H44N4O4. The van der Waals surface area contributed by atoms with Crippen LogP contribution in [0.5, 0.6) is 5.75 Å². The number of benzene rings is 3. The highest BCUT2D eigenvalue weighted by Crippen LogP contribution is 2.39. The molecule has 8 nitrogen and oxygen atoms in total. The van der Waals surface area contributed by atoms with Gasteiger partial charge in [0.05, 0.1) is 12.1 Å². The fraction of sp³-hybridized carbons (Fsp3) is 0.389. The van der Waals surface area contributed by atoms with Crippen molar-refractivity contribution in [2.45, 2.75) is 91.1 Å². The summed E-state index contributed by atoms with van der Waals surface area (Å²) in [6, 6.07) is 22.0. The quantitative estimate of drug-likeness (QED) is 0.242. The van der Waals surface area contributed by atoms with Crippen molar-refractivity contribution < 1.29 is 19.1 Å². The van der Waals surface area contributed by atoms with Crippen LogP contribution in [0.1, 0.15) is 95.6 Å². The van der Waals surface area contributed by atoms with Gasteiger partial charge in [0.1, 0.15) is 11.6 Å². The summed E-state index contributed by atoms with van der Waals surface area (Å²) in [5.74, 6) is 0.0169. The minimum atomic E-state index is -0.730. The topological polar surface area (TPSA) is 100 Å². The lowest BCUT2D eigenvalue weighted by Crippen LogP contribution is -2.33. The van der Waals surface area contributed by atoms with E-state index in [-0.39, 0.29) is 34.9 Å². The predicted molar refractivity (Wildman–Crippen MR) is 176 cm³/mol. The standard InChI is InChI=1S/C36H44N4O4/c1-8-29(44-30-20-19-25(35(4,5)9-2)22-28(30)36(6,7)10-3)34(43)37-26-16-14-15-24(21-26)33(42)38-31-23-32(41)40(39-31)27-17-12-11-13-18-27/h11-22,29H,8-10,23H2,1-7H3,(H,37,43)(H,38,39,42)/t29-/m0/s1. The highest BCUT2D eigenvalue weighted by atomic mass is 16.5. The Kier molecular flexibility index (Phi) is 9.92. The molecule has 0 unspecified atom stereocenters. The Morgan fingerprint density at radius 1 is 0.886 bits per heavy atom. The molecule has 232 valence electrons. The van der Waals surface area contributed by atoms with E-state index in [2.05, 4.69) is 69.4 Å². The lowest BCUT2D eigenvalue weighted by molar-refractivity contribution is -0.123. The molecule has 3 aromatic rings. The Labute approximate surface area is 260 Å². The van der Waals surface area contributed by atoms with E-state index in [9.17, 15) is 14.4 Å². The summed E-state index contributed by atoms with van der Waals surface area (Å²) < 4.78 is 6.40. The van der Waals surface area contributed by atoms with Crippen LogP contribution >= 0.6 is 0 Å². The number of hydrogen-bond acceptors (Lipinski definition) is 5. The number of para-hydroxylation sites is 1. The second kappa shape index (κ2) is 13.5. The first-order chi connectivity index (χ1) is 20.9. The lowest BCUT2D eigenvalue weighted by atomic mass is 9.76. The van der Waals surface area contributed by atoms with E-state index >= 15 is 0 Å². The normalized spacial score (nSPS) is 14.2. The van der Waals surface area contributed by atoms with Gasteiger partial charge in [-0.05, 0) is 72.1 Å². The molecule has 0 bridgehead atoms. The van der Waals surface area contributed by atoms with Gasteiger partial charge in [-0.3, -0.25) is 14.4 Å². The Balaban J connectivity index is 1.47. The second-order valence-electron chi connectivity index (χ2n) is 12.5. The number of amidine groups is 1. The number of hydrogen-bond donors (Lipinski definition) is 2. The van der Waals surface area contributed by atoms with Crippen molar-refractivity contribution in [3.63, 3.8) is 0 Å². The molecule has 0 spiro atoms. The molecule has 3 amide bonds. The number of carbonyl (C=O) groups is 3. The summed E-state index contributed by atoms with van der Waals surface area (Å²) in [4.78, 5) is 38.9. The SMILES string of the molecule is CC[C@H](Oc1ccc(C(C)(C)CC)cc1C(C)(C)CC)C(=O)Nc1cccc(C(=O)NC2=NN(c3ccccc3)C(=O)C2)c1. The number of carbonyl (C=O) groups excluding carboxylic acids is 3. The van der Waals surface area contributed by atoms with Gasteiger partial charge in [-0.15, -0.1) is 0 Å². The molecule has 1 aliphatic heterocycles. The lowest BCUT2D eigenvalue weighted by Gasteiger charge is -2.31. The van der Waals surface area contributed by atoms with E-state index in [0.717, 1.165) is 18.4 Å². The fourth-order valence-corrected chi connectivity index (χ4v) is 4.89. The first kappa shape index (κ1) is 32.5. The highest BCUT2D eigenvalue weighted by molar-refractivity contribution is 6.18. The second-order valence-corrected chi connectivity index (χ2v) is 12.5. The van der Waals surface area contributed by atoms with Crippen molar-refractivity contribution in [3.8, 4) is 5.75 Å². The van der Waals surface area contributed by atoms with Crippen LogP contribution in [0.3, 0.4) is 0 Å². The first-order valence-electron chi connectivity index (χ1n) is 15.4. The third-order valence-electron chi connectivity index (χ3n) is 8.62. The van der Waals surface area contributed by atoms with E-state index in [4.69, 9.17) is 4.74 Å². The zero-order valence-electron chi connectivity index (χ0n) is 26.9. The summed E-state index contributed by atoms with van der Waals surface area (Å²) in [6.07, 6.45) is 1.65. The van der Waals surface area contributed by atoms with E-state index < -0.39 is 12.0 Å². The molecule has 0 saturated carbocycles. The van der Waals surface area contributed by atoms with Crippen LogP contribution in [0.2, 0.25) is 0 Å². The minimum absolute atomic E-state index is 0.0136. The smallest absolute Gasteiger partial charge is 0.265 e. The van der Waals surface area contributed by atoms with Crippen LogP contribution < -0.4 is 20.4 Å². The van der Waals surface area contributed by atoms with Gasteiger partial charge in [0.15, 0.2) is 6.10 Å². The number of nitrogens with zero attached hydrogens (tertiary/aromatic N) is 2. The van der Waals surface area contributed by atoms with Crippen LogP contribution in [-0.2, 0) is 20.4 Å². The molecule has 0 aliphatic carbocycles.